The third-order valence-electron chi connectivity index (χ3n) is 2.90. The van der Waals surface area contributed by atoms with Crippen LogP contribution in [0.4, 0.5) is 0 Å². The maximum Gasteiger partial charge on any atom is 0.305 e. The fraction of sp³-hybridized carbons (Fsp3) is 0.818. The van der Waals surface area contributed by atoms with Crippen LogP contribution < -0.4 is 5.32 Å². The second-order valence-electron chi connectivity index (χ2n) is 4.45. The van der Waals surface area contributed by atoms with Crippen LogP contribution in [0.1, 0.15) is 26.2 Å². The Morgan fingerprint density at radius 2 is 2.00 bits per heavy atom. The topological polar surface area (TPSA) is 69.6 Å². The number of hydrogen-bond donors (Lipinski definition) is 2. The second kappa shape index (κ2) is 6.48. The number of carbonyl (C=O) groups excluding carboxylic acids is 1. The Hall–Kier alpha value is -1.10. The first kappa shape index (κ1) is 13.0. The smallest absolute Gasteiger partial charge is 0.305 e. The molecule has 1 aliphatic heterocycles. The number of piperidine rings is 1. The largest absolute Gasteiger partial charge is 0.481 e. The summed E-state index contributed by atoms with van der Waals surface area (Å²) in [6.07, 6.45) is 2.27. The van der Waals surface area contributed by atoms with E-state index in [9.17, 15) is 9.59 Å². The lowest BCUT2D eigenvalue weighted by molar-refractivity contribution is -0.136. The summed E-state index contributed by atoms with van der Waals surface area (Å²) in [4.78, 5) is 23.8. The first-order valence-electron chi connectivity index (χ1n) is 5.79. The molecule has 0 radical (unpaired) electrons. The minimum atomic E-state index is -0.882. The minimum absolute atomic E-state index is 0.0111. The Morgan fingerprint density at radius 1 is 1.38 bits per heavy atom. The quantitative estimate of drug-likeness (QED) is 0.710. The lowest BCUT2D eigenvalue weighted by Gasteiger charge is -2.29. The Morgan fingerprint density at radius 3 is 2.56 bits per heavy atom. The van der Waals surface area contributed by atoms with Gasteiger partial charge in [-0.15, -0.1) is 0 Å². The highest BCUT2D eigenvalue weighted by atomic mass is 16.4. The molecule has 0 saturated carbocycles. The van der Waals surface area contributed by atoms with Crippen LogP contribution in [0.2, 0.25) is 0 Å². The van der Waals surface area contributed by atoms with E-state index in [4.69, 9.17) is 5.11 Å². The van der Waals surface area contributed by atoms with E-state index in [-0.39, 0.29) is 18.9 Å². The number of rotatable bonds is 5. The molecule has 0 atom stereocenters. The van der Waals surface area contributed by atoms with Gasteiger partial charge in [0.15, 0.2) is 0 Å². The highest BCUT2D eigenvalue weighted by Gasteiger charge is 2.17. The van der Waals surface area contributed by atoms with Gasteiger partial charge in [-0.2, -0.15) is 0 Å². The third-order valence-corrected chi connectivity index (χ3v) is 2.90. The lowest BCUT2D eigenvalue weighted by atomic mass is 9.99. The molecule has 0 unspecified atom stereocenters. The molecule has 0 aromatic heterocycles. The predicted octanol–water partition coefficient (Wildman–Crippen LogP) is 0.309. The number of hydrogen-bond acceptors (Lipinski definition) is 3. The van der Waals surface area contributed by atoms with Gasteiger partial charge in [-0.3, -0.25) is 14.5 Å². The number of nitrogens with one attached hydrogen (secondary N) is 1. The van der Waals surface area contributed by atoms with Crippen LogP contribution >= 0.6 is 0 Å². The van der Waals surface area contributed by atoms with E-state index in [0.29, 0.717) is 6.54 Å². The van der Waals surface area contributed by atoms with Crippen LogP contribution in [-0.2, 0) is 9.59 Å². The summed E-state index contributed by atoms with van der Waals surface area (Å²) in [6.45, 7) is 4.77. The van der Waals surface area contributed by atoms with Crippen molar-refractivity contribution in [3.05, 3.63) is 0 Å². The molecule has 1 rings (SSSR count). The van der Waals surface area contributed by atoms with Gasteiger partial charge < -0.3 is 10.4 Å². The van der Waals surface area contributed by atoms with Crippen molar-refractivity contribution >= 4 is 11.9 Å². The van der Waals surface area contributed by atoms with Crippen LogP contribution in [0.25, 0.3) is 0 Å². The molecule has 0 aromatic rings. The summed E-state index contributed by atoms with van der Waals surface area (Å²) < 4.78 is 0. The average Bonchev–Trinajstić information content (AvgIpc) is 2.21. The van der Waals surface area contributed by atoms with Crippen molar-refractivity contribution in [1.82, 2.24) is 10.2 Å². The Labute approximate surface area is 95.8 Å². The van der Waals surface area contributed by atoms with Gasteiger partial charge in [-0.05, 0) is 31.8 Å². The molecule has 1 aliphatic rings. The zero-order valence-electron chi connectivity index (χ0n) is 9.74. The molecule has 5 heteroatoms. The van der Waals surface area contributed by atoms with E-state index in [1.165, 1.54) is 0 Å². The van der Waals surface area contributed by atoms with E-state index in [0.717, 1.165) is 31.8 Å². The molecule has 0 spiro atoms. The number of nitrogens with zero attached hydrogens (tertiary/aromatic N) is 1. The van der Waals surface area contributed by atoms with E-state index >= 15 is 0 Å². The molecular weight excluding hydrogens is 208 g/mol. The van der Waals surface area contributed by atoms with E-state index in [1.54, 1.807) is 0 Å². The van der Waals surface area contributed by atoms with Crippen LogP contribution in [0.5, 0.6) is 0 Å². The summed E-state index contributed by atoms with van der Waals surface area (Å²) in [6, 6.07) is 0. The van der Waals surface area contributed by atoms with Gasteiger partial charge in [0, 0.05) is 6.54 Å². The van der Waals surface area contributed by atoms with Crippen molar-refractivity contribution in [2.45, 2.75) is 26.2 Å². The van der Waals surface area contributed by atoms with Crippen molar-refractivity contribution in [2.24, 2.45) is 5.92 Å². The molecule has 1 fully saturated rings. The molecule has 5 nitrogen and oxygen atoms in total. The average molecular weight is 228 g/mol. The molecule has 0 aliphatic carbocycles. The zero-order valence-corrected chi connectivity index (χ0v) is 9.74. The first-order chi connectivity index (χ1) is 7.58. The molecule has 92 valence electrons. The number of likely N-dealkylation sites (tertiary alicyclic amines) is 1. The van der Waals surface area contributed by atoms with Crippen molar-refractivity contribution < 1.29 is 14.7 Å². The van der Waals surface area contributed by atoms with Gasteiger partial charge in [0.05, 0.1) is 13.0 Å². The number of aliphatic carboxylic acids is 1. The highest BCUT2D eigenvalue weighted by Crippen LogP contribution is 2.15. The van der Waals surface area contributed by atoms with Crippen LogP contribution in [0, 0.1) is 5.92 Å². The summed E-state index contributed by atoms with van der Waals surface area (Å²) in [5.41, 5.74) is 0. The van der Waals surface area contributed by atoms with Crippen LogP contribution in [0.3, 0.4) is 0 Å². The number of carboxylic acids is 1. The molecule has 1 amide bonds. The summed E-state index contributed by atoms with van der Waals surface area (Å²) >= 11 is 0. The molecule has 16 heavy (non-hydrogen) atoms. The van der Waals surface area contributed by atoms with Crippen molar-refractivity contribution in [1.29, 1.82) is 0 Å². The summed E-state index contributed by atoms with van der Waals surface area (Å²) in [5, 5.41) is 11.0. The Bertz CT molecular complexity index is 248. The standard InChI is InChI=1S/C11H20N2O3/c1-9-3-6-13(7-4-9)8-10(14)12-5-2-11(15)16/h9H,2-8H2,1H3,(H,12,14)(H,15,16). The van der Waals surface area contributed by atoms with E-state index < -0.39 is 5.97 Å². The highest BCUT2D eigenvalue weighted by molar-refractivity contribution is 5.78. The first-order valence-corrected chi connectivity index (χ1v) is 5.79. The predicted molar refractivity (Wildman–Crippen MR) is 60.1 cm³/mol. The molecular formula is C11H20N2O3. The maximum absolute atomic E-state index is 11.4. The molecule has 2 N–H and O–H groups in total. The summed E-state index contributed by atoms with van der Waals surface area (Å²) in [7, 11) is 0. The lowest BCUT2D eigenvalue weighted by Crippen LogP contribution is -2.41. The molecule has 1 saturated heterocycles. The second-order valence-corrected chi connectivity index (χ2v) is 4.45. The van der Waals surface area contributed by atoms with E-state index in [1.807, 2.05) is 0 Å². The van der Waals surface area contributed by atoms with Gasteiger partial charge in [0.25, 0.3) is 0 Å². The number of carbonyl (C=O) groups is 2. The summed E-state index contributed by atoms with van der Waals surface area (Å²) in [5.74, 6) is -0.200. The van der Waals surface area contributed by atoms with Crippen molar-refractivity contribution in [3.63, 3.8) is 0 Å². The van der Waals surface area contributed by atoms with Gasteiger partial charge >= 0.3 is 5.97 Å². The van der Waals surface area contributed by atoms with Crippen molar-refractivity contribution in [2.75, 3.05) is 26.2 Å². The molecule has 1 heterocycles. The van der Waals surface area contributed by atoms with E-state index in [2.05, 4.69) is 17.1 Å². The third kappa shape index (κ3) is 5.11. The fourth-order valence-electron chi connectivity index (χ4n) is 1.79. The van der Waals surface area contributed by atoms with Gasteiger partial charge in [0.2, 0.25) is 5.91 Å². The monoisotopic (exact) mass is 228 g/mol. The maximum atomic E-state index is 11.4. The zero-order chi connectivity index (χ0) is 12.0. The number of amides is 1. The number of carboxylic acid groups (broad SMARTS) is 1. The van der Waals surface area contributed by atoms with Gasteiger partial charge in [0.1, 0.15) is 0 Å². The van der Waals surface area contributed by atoms with Crippen LogP contribution in [0.15, 0.2) is 0 Å². The van der Waals surface area contributed by atoms with Gasteiger partial charge in [-0.25, -0.2) is 0 Å². The van der Waals surface area contributed by atoms with Crippen LogP contribution in [-0.4, -0.2) is 48.1 Å². The fourth-order valence-corrected chi connectivity index (χ4v) is 1.79. The normalized spacial score (nSPS) is 18.3. The SMILES string of the molecule is CC1CCN(CC(=O)NCCC(=O)O)CC1. The Kier molecular flexibility index (Phi) is 5.25. The van der Waals surface area contributed by atoms with Crippen molar-refractivity contribution in [3.8, 4) is 0 Å². The minimum Gasteiger partial charge on any atom is -0.481 e. The molecule has 0 bridgehead atoms. The molecule has 0 aromatic carbocycles. The van der Waals surface area contributed by atoms with Gasteiger partial charge in [-0.1, -0.05) is 6.92 Å². The Balaban J connectivity index is 2.11.